The van der Waals surface area contributed by atoms with E-state index in [-0.39, 0.29) is 11.8 Å². The molecule has 0 fully saturated rings. The minimum absolute atomic E-state index is 0.0109. The fourth-order valence-corrected chi connectivity index (χ4v) is 1.89. The van der Waals surface area contributed by atoms with E-state index in [0.717, 1.165) is 35.8 Å². The predicted octanol–water partition coefficient (Wildman–Crippen LogP) is 6.25. The standard InChI is InChI=1S/C13H13NO.C5H11NO.C4H9NO.3C2H6/c1-2-14-13(15)12-8-7-10-5-3-4-6-11(10)9-12;1-4-6(3)5(2)7;1-3-5(2)4-6;3*1-2/h3-9H,2H2,1H3,(H,14,15);4H2,1-3H3;4H,3H2,1-2H3;3*1-2H3. The number of hydrogen-bond acceptors (Lipinski definition) is 3. The Balaban J connectivity index is -0.000000200. The summed E-state index contributed by atoms with van der Waals surface area (Å²) in [5, 5.41) is 5.04. The summed E-state index contributed by atoms with van der Waals surface area (Å²) in [7, 11) is 3.52. The summed E-state index contributed by atoms with van der Waals surface area (Å²) in [6.45, 7) is 21.6. The Morgan fingerprint density at radius 2 is 1.32 bits per heavy atom. The Morgan fingerprint density at radius 1 is 0.824 bits per heavy atom. The molecule has 0 saturated heterocycles. The number of hydrogen-bond donors (Lipinski definition) is 1. The Bertz CT molecular complexity index is 749. The second-order valence-electron chi connectivity index (χ2n) is 6.13. The number of amides is 3. The number of carbonyl (C=O) groups excluding carboxylic acids is 3. The van der Waals surface area contributed by atoms with Gasteiger partial charge in [-0.2, -0.15) is 0 Å². The molecule has 2 aromatic rings. The van der Waals surface area contributed by atoms with Crippen molar-refractivity contribution in [3.63, 3.8) is 0 Å². The zero-order valence-electron chi connectivity index (χ0n) is 23.9. The van der Waals surface area contributed by atoms with Crippen molar-refractivity contribution in [2.24, 2.45) is 0 Å². The van der Waals surface area contributed by atoms with Gasteiger partial charge >= 0.3 is 0 Å². The Labute approximate surface area is 209 Å². The van der Waals surface area contributed by atoms with Gasteiger partial charge in [0.1, 0.15) is 0 Å². The lowest BCUT2D eigenvalue weighted by atomic mass is 10.1. The first-order valence-electron chi connectivity index (χ1n) is 12.4. The van der Waals surface area contributed by atoms with Crippen LogP contribution in [0.2, 0.25) is 0 Å². The summed E-state index contributed by atoms with van der Waals surface area (Å²) in [6.07, 6.45) is 0.806. The van der Waals surface area contributed by atoms with Gasteiger partial charge < -0.3 is 15.1 Å². The first-order valence-corrected chi connectivity index (χ1v) is 12.4. The van der Waals surface area contributed by atoms with E-state index < -0.39 is 0 Å². The highest BCUT2D eigenvalue weighted by Crippen LogP contribution is 2.15. The van der Waals surface area contributed by atoms with Crippen LogP contribution in [0.4, 0.5) is 0 Å². The maximum absolute atomic E-state index is 11.6. The van der Waals surface area contributed by atoms with E-state index in [2.05, 4.69) is 5.32 Å². The minimum Gasteiger partial charge on any atom is -0.352 e. The van der Waals surface area contributed by atoms with Gasteiger partial charge in [0.25, 0.3) is 5.91 Å². The summed E-state index contributed by atoms with van der Waals surface area (Å²) in [4.78, 5) is 34.8. The smallest absolute Gasteiger partial charge is 0.251 e. The lowest BCUT2D eigenvalue weighted by Gasteiger charge is -2.09. The number of nitrogens with zero attached hydrogens (tertiary/aromatic N) is 2. The molecule has 0 aliphatic heterocycles. The topological polar surface area (TPSA) is 69.7 Å². The minimum atomic E-state index is -0.0109. The number of rotatable bonds is 5. The van der Waals surface area contributed by atoms with Crippen LogP contribution in [0.5, 0.6) is 0 Å². The van der Waals surface area contributed by atoms with Crippen LogP contribution in [-0.2, 0) is 9.59 Å². The second kappa shape index (κ2) is 28.1. The van der Waals surface area contributed by atoms with Gasteiger partial charge in [-0.3, -0.25) is 14.4 Å². The van der Waals surface area contributed by atoms with Crippen LogP contribution in [0.25, 0.3) is 10.8 Å². The van der Waals surface area contributed by atoms with Crippen molar-refractivity contribution >= 4 is 29.0 Å². The summed E-state index contributed by atoms with van der Waals surface area (Å²) in [5.41, 5.74) is 0.718. The van der Waals surface area contributed by atoms with Gasteiger partial charge in [-0.05, 0) is 43.7 Å². The molecule has 34 heavy (non-hydrogen) atoms. The maximum atomic E-state index is 11.6. The highest BCUT2D eigenvalue weighted by Gasteiger charge is 2.03. The molecule has 0 bridgehead atoms. The van der Waals surface area contributed by atoms with E-state index in [4.69, 9.17) is 0 Å². The molecule has 0 aromatic heterocycles. The average molecular weight is 478 g/mol. The average Bonchev–Trinajstić information content (AvgIpc) is 2.91. The first-order chi connectivity index (χ1) is 16.3. The Morgan fingerprint density at radius 3 is 1.65 bits per heavy atom. The van der Waals surface area contributed by atoms with Crippen molar-refractivity contribution in [2.45, 2.75) is 69.2 Å². The molecule has 196 valence electrons. The molecule has 2 aromatic carbocycles. The molecule has 3 amide bonds. The second-order valence-corrected chi connectivity index (χ2v) is 6.13. The van der Waals surface area contributed by atoms with Crippen LogP contribution in [-0.4, -0.2) is 61.8 Å². The van der Waals surface area contributed by atoms with Gasteiger partial charge in [0.05, 0.1) is 0 Å². The predicted molar refractivity (Wildman–Crippen MR) is 149 cm³/mol. The van der Waals surface area contributed by atoms with E-state index in [1.165, 1.54) is 0 Å². The normalized spacial score (nSPS) is 8.12. The summed E-state index contributed by atoms with van der Waals surface area (Å²) >= 11 is 0. The van der Waals surface area contributed by atoms with E-state index in [1.807, 2.05) is 105 Å². The molecular weight excluding hydrogens is 426 g/mol. The molecule has 0 saturated carbocycles. The number of nitrogens with one attached hydrogen (secondary N) is 1. The van der Waals surface area contributed by atoms with Crippen molar-refractivity contribution in [3.8, 4) is 0 Å². The largest absolute Gasteiger partial charge is 0.352 e. The first kappa shape index (κ1) is 38.4. The molecule has 0 atom stereocenters. The molecule has 1 N–H and O–H groups in total. The van der Waals surface area contributed by atoms with Gasteiger partial charge in [0.2, 0.25) is 12.3 Å². The van der Waals surface area contributed by atoms with Crippen molar-refractivity contribution in [1.82, 2.24) is 15.1 Å². The number of fused-ring (bicyclic) bond motifs is 1. The van der Waals surface area contributed by atoms with E-state index >= 15 is 0 Å². The zero-order valence-corrected chi connectivity index (χ0v) is 23.9. The zero-order chi connectivity index (χ0) is 27.5. The van der Waals surface area contributed by atoms with Crippen molar-refractivity contribution in [2.75, 3.05) is 33.7 Å². The highest BCUT2D eigenvalue weighted by molar-refractivity contribution is 5.98. The summed E-state index contributed by atoms with van der Waals surface area (Å²) in [5.74, 6) is 0.116. The lowest BCUT2D eigenvalue weighted by Crippen LogP contribution is -2.22. The van der Waals surface area contributed by atoms with Gasteiger partial charge in [-0.15, -0.1) is 0 Å². The molecular formula is C28H51N3O3. The van der Waals surface area contributed by atoms with Crippen LogP contribution in [0.3, 0.4) is 0 Å². The monoisotopic (exact) mass is 477 g/mol. The van der Waals surface area contributed by atoms with E-state index in [9.17, 15) is 14.4 Å². The number of carbonyl (C=O) groups is 3. The molecule has 6 heteroatoms. The van der Waals surface area contributed by atoms with Crippen LogP contribution in [0.1, 0.15) is 79.6 Å². The fraction of sp³-hybridized carbons (Fsp3) is 0.536. The summed E-state index contributed by atoms with van der Waals surface area (Å²) in [6, 6.07) is 13.8. The Kier molecular flexibility index (Phi) is 31.8. The quantitative estimate of drug-likeness (QED) is 0.518. The molecule has 6 nitrogen and oxygen atoms in total. The third-order valence-electron chi connectivity index (χ3n) is 4.04. The third-order valence-corrected chi connectivity index (χ3v) is 4.04. The van der Waals surface area contributed by atoms with Gasteiger partial charge in [-0.25, -0.2) is 0 Å². The van der Waals surface area contributed by atoms with Crippen LogP contribution < -0.4 is 5.32 Å². The number of benzene rings is 2. The lowest BCUT2D eigenvalue weighted by molar-refractivity contribution is -0.127. The van der Waals surface area contributed by atoms with Crippen LogP contribution in [0.15, 0.2) is 42.5 Å². The highest BCUT2D eigenvalue weighted by atomic mass is 16.2. The summed E-state index contributed by atoms with van der Waals surface area (Å²) < 4.78 is 0. The van der Waals surface area contributed by atoms with Crippen molar-refractivity contribution in [1.29, 1.82) is 0 Å². The van der Waals surface area contributed by atoms with Crippen molar-refractivity contribution in [3.05, 3.63) is 48.0 Å². The van der Waals surface area contributed by atoms with Gasteiger partial charge in [-0.1, -0.05) is 71.9 Å². The fourth-order valence-electron chi connectivity index (χ4n) is 1.89. The molecule has 2 rings (SSSR count). The SMILES string of the molecule is CC.CC.CC.CCN(C)C(C)=O.CCN(C)C=O.CCNC(=O)c1ccc2ccccc2c1. The molecule has 0 radical (unpaired) electrons. The molecule has 0 heterocycles. The molecule has 0 unspecified atom stereocenters. The Hall–Kier alpha value is -2.89. The van der Waals surface area contributed by atoms with E-state index in [0.29, 0.717) is 6.54 Å². The maximum Gasteiger partial charge on any atom is 0.251 e. The molecule has 0 spiro atoms. The third kappa shape index (κ3) is 19.8. The van der Waals surface area contributed by atoms with Crippen molar-refractivity contribution < 1.29 is 14.4 Å². The van der Waals surface area contributed by atoms with E-state index in [1.54, 1.807) is 30.8 Å². The molecule has 0 aliphatic carbocycles. The van der Waals surface area contributed by atoms with Gasteiger partial charge in [0.15, 0.2) is 0 Å². The van der Waals surface area contributed by atoms with Crippen LogP contribution in [0, 0.1) is 0 Å². The molecule has 0 aliphatic rings. The van der Waals surface area contributed by atoms with Gasteiger partial charge in [0, 0.05) is 46.2 Å². The van der Waals surface area contributed by atoms with Crippen LogP contribution >= 0.6 is 0 Å².